The highest BCUT2D eigenvalue weighted by atomic mass is 32.2. The molecule has 0 amide bonds. The Morgan fingerprint density at radius 3 is 2.62 bits per heavy atom. The SMILES string of the molecule is CCNC(c1ccc2ccccc2c1)C1CCS(=O)(=O)C1. The van der Waals surface area contributed by atoms with Crippen LogP contribution in [0, 0.1) is 5.92 Å². The van der Waals surface area contributed by atoms with E-state index in [0.717, 1.165) is 13.0 Å². The largest absolute Gasteiger partial charge is 0.310 e. The lowest BCUT2D eigenvalue weighted by atomic mass is 9.91. The normalized spacial score (nSPS) is 22.4. The van der Waals surface area contributed by atoms with Crippen molar-refractivity contribution in [1.29, 1.82) is 0 Å². The van der Waals surface area contributed by atoms with Crippen LogP contribution in [0.25, 0.3) is 10.8 Å². The minimum atomic E-state index is -2.85. The zero-order valence-corrected chi connectivity index (χ0v) is 13.1. The van der Waals surface area contributed by atoms with Crippen molar-refractivity contribution in [3.63, 3.8) is 0 Å². The van der Waals surface area contributed by atoms with Crippen LogP contribution in [0.15, 0.2) is 42.5 Å². The second-order valence-electron chi connectivity index (χ2n) is 5.81. The van der Waals surface area contributed by atoms with Gasteiger partial charge in [-0.05, 0) is 41.3 Å². The predicted octanol–water partition coefficient (Wildman–Crippen LogP) is 2.93. The van der Waals surface area contributed by atoms with Crippen molar-refractivity contribution in [1.82, 2.24) is 5.32 Å². The maximum absolute atomic E-state index is 11.8. The standard InChI is InChI=1S/C17H21NO2S/c1-2-18-17(16-9-10-21(19,20)12-16)15-8-7-13-5-3-4-6-14(13)11-15/h3-8,11,16-18H,2,9-10,12H2,1H3. The summed E-state index contributed by atoms with van der Waals surface area (Å²) in [7, 11) is -2.85. The van der Waals surface area contributed by atoms with Crippen LogP contribution in [0.3, 0.4) is 0 Å². The molecule has 0 bridgehead atoms. The summed E-state index contributed by atoms with van der Waals surface area (Å²) in [6, 6.07) is 14.8. The lowest BCUT2D eigenvalue weighted by Gasteiger charge is -2.24. The number of benzene rings is 2. The molecule has 3 nitrogen and oxygen atoms in total. The molecule has 1 aliphatic heterocycles. The minimum absolute atomic E-state index is 0.122. The molecule has 2 atom stereocenters. The molecule has 0 aromatic heterocycles. The number of hydrogen-bond acceptors (Lipinski definition) is 3. The molecule has 2 unspecified atom stereocenters. The van der Waals surface area contributed by atoms with Crippen molar-refractivity contribution in [2.75, 3.05) is 18.1 Å². The fourth-order valence-corrected chi connectivity index (χ4v) is 5.10. The maximum Gasteiger partial charge on any atom is 0.150 e. The highest BCUT2D eigenvalue weighted by Crippen LogP contribution is 2.32. The summed E-state index contributed by atoms with van der Waals surface area (Å²) in [4.78, 5) is 0. The smallest absolute Gasteiger partial charge is 0.150 e. The third kappa shape index (κ3) is 3.11. The van der Waals surface area contributed by atoms with Crippen LogP contribution in [-0.2, 0) is 9.84 Å². The summed E-state index contributed by atoms with van der Waals surface area (Å²) < 4.78 is 23.5. The summed E-state index contributed by atoms with van der Waals surface area (Å²) in [5.74, 6) is 0.807. The summed E-state index contributed by atoms with van der Waals surface area (Å²) in [6.45, 7) is 2.91. The van der Waals surface area contributed by atoms with Gasteiger partial charge in [0, 0.05) is 6.04 Å². The first-order chi connectivity index (χ1) is 10.1. The zero-order valence-electron chi connectivity index (χ0n) is 12.2. The Labute approximate surface area is 126 Å². The molecule has 1 saturated heterocycles. The van der Waals surface area contributed by atoms with E-state index in [9.17, 15) is 8.42 Å². The first-order valence-corrected chi connectivity index (χ1v) is 9.34. The van der Waals surface area contributed by atoms with Crippen molar-refractivity contribution in [2.45, 2.75) is 19.4 Å². The highest BCUT2D eigenvalue weighted by Gasteiger charge is 2.34. The van der Waals surface area contributed by atoms with Crippen molar-refractivity contribution in [3.8, 4) is 0 Å². The Bertz CT molecular complexity index is 739. The molecule has 3 rings (SSSR count). The lowest BCUT2D eigenvalue weighted by Crippen LogP contribution is -2.29. The molecule has 112 valence electrons. The van der Waals surface area contributed by atoms with E-state index >= 15 is 0 Å². The van der Waals surface area contributed by atoms with Crippen LogP contribution in [0.5, 0.6) is 0 Å². The first-order valence-electron chi connectivity index (χ1n) is 7.51. The van der Waals surface area contributed by atoms with Crippen LogP contribution >= 0.6 is 0 Å². The van der Waals surface area contributed by atoms with Gasteiger partial charge in [0.1, 0.15) is 0 Å². The van der Waals surface area contributed by atoms with E-state index in [-0.39, 0.29) is 12.0 Å². The number of nitrogens with one attached hydrogen (secondary N) is 1. The fourth-order valence-electron chi connectivity index (χ4n) is 3.26. The second-order valence-corrected chi connectivity index (χ2v) is 8.03. The molecule has 1 aliphatic rings. The number of sulfone groups is 1. The third-order valence-electron chi connectivity index (χ3n) is 4.30. The van der Waals surface area contributed by atoms with E-state index in [0.29, 0.717) is 11.5 Å². The fraction of sp³-hybridized carbons (Fsp3) is 0.412. The van der Waals surface area contributed by atoms with E-state index in [1.165, 1.54) is 16.3 Å². The topological polar surface area (TPSA) is 46.2 Å². The molecule has 0 saturated carbocycles. The van der Waals surface area contributed by atoms with Crippen LogP contribution in [0.2, 0.25) is 0 Å². The molecule has 0 spiro atoms. The molecular weight excluding hydrogens is 282 g/mol. The van der Waals surface area contributed by atoms with Gasteiger partial charge in [-0.15, -0.1) is 0 Å². The average Bonchev–Trinajstić information content (AvgIpc) is 2.84. The molecule has 4 heteroatoms. The molecule has 1 fully saturated rings. The molecular formula is C17H21NO2S. The van der Waals surface area contributed by atoms with E-state index in [1.54, 1.807) is 0 Å². The average molecular weight is 303 g/mol. The number of fused-ring (bicyclic) bond motifs is 1. The molecule has 2 aromatic rings. The monoisotopic (exact) mass is 303 g/mol. The summed E-state index contributed by atoms with van der Waals surface area (Å²) in [5, 5.41) is 5.90. The van der Waals surface area contributed by atoms with Crippen molar-refractivity contribution in [3.05, 3.63) is 48.0 Å². The highest BCUT2D eigenvalue weighted by molar-refractivity contribution is 7.91. The molecule has 1 N–H and O–H groups in total. The molecule has 0 aliphatic carbocycles. The Balaban J connectivity index is 1.95. The number of rotatable bonds is 4. The van der Waals surface area contributed by atoms with Gasteiger partial charge in [-0.2, -0.15) is 0 Å². The maximum atomic E-state index is 11.8. The first kappa shape index (κ1) is 14.5. The van der Waals surface area contributed by atoms with Crippen LogP contribution in [0.4, 0.5) is 0 Å². The van der Waals surface area contributed by atoms with Crippen LogP contribution in [0.1, 0.15) is 24.9 Å². The van der Waals surface area contributed by atoms with Crippen LogP contribution in [-0.4, -0.2) is 26.5 Å². The van der Waals surface area contributed by atoms with E-state index in [2.05, 4.69) is 42.6 Å². The van der Waals surface area contributed by atoms with E-state index in [4.69, 9.17) is 0 Å². The summed E-state index contributed by atoms with van der Waals surface area (Å²) in [6.07, 6.45) is 0.757. The van der Waals surface area contributed by atoms with Gasteiger partial charge in [0.25, 0.3) is 0 Å². The van der Waals surface area contributed by atoms with Gasteiger partial charge < -0.3 is 5.32 Å². The molecule has 0 radical (unpaired) electrons. The Morgan fingerprint density at radius 1 is 1.19 bits per heavy atom. The van der Waals surface area contributed by atoms with Gasteiger partial charge in [0.05, 0.1) is 11.5 Å². The van der Waals surface area contributed by atoms with Crippen molar-refractivity contribution < 1.29 is 8.42 Å². The predicted molar refractivity (Wildman–Crippen MR) is 87.1 cm³/mol. The van der Waals surface area contributed by atoms with Gasteiger partial charge in [0.15, 0.2) is 9.84 Å². The Morgan fingerprint density at radius 2 is 1.95 bits per heavy atom. The van der Waals surface area contributed by atoms with Crippen molar-refractivity contribution >= 4 is 20.6 Å². The lowest BCUT2D eigenvalue weighted by molar-refractivity contribution is 0.400. The van der Waals surface area contributed by atoms with E-state index < -0.39 is 9.84 Å². The second kappa shape index (κ2) is 5.78. The minimum Gasteiger partial charge on any atom is -0.310 e. The summed E-state index contributed by atoms with van der Waals surface area (Å²) in [5.41, 5.74) is 1.19. The van der Waals surface area contributed by atoms with Crippen LogP contribution < -0.4 is 5.32 Å². The molecule has 2 aromatic carbocycles. The zero-order chi connectivity index (χ0) is 14.9. The van der Waals surface area contributed by atoms with Gasteiger partial charge >= 0.3 is 0 Å². The van der Waals surface area contributed by atoms with Gasteiger partial charge in [-0.1, -0.05) is 43.3 Å². The van der Waals surface area contributed by atoms with Gasteiger partial charge in [0.2, 0.25) is 0 Å². The molecule has 1 heterocycles. The van der Waals surface area contributed by atoms with Crippen molar-refractivity contribution in [2.24, 2.45) is 5.92 Å². The Kier molecular flexibility index (Phi) is 4.00. The third-order valence-corrected chi connectivity index (χ3v) is 6.09. The van der Waals surface area contributed by atoms with E-state index in [1.807, 2.05) is 12.1 Å². The van der Waals surface area contributed by atoms with Gasteiger partial charge in [-0.3, -0.25) is 0 Å². The quantitative estimate of drug-likeness (QED) is 0.944. The molecule has 21 heavy (non-hydrogen) atoms. The Hall–Kier alpha value is -1.39. The number of hydrogen-bond donors (Lipinski definition) is 1. The summed E-state index contributed by atoms with van der Waals surface area (Å²) >= 11 is 0. The van der Waals surface area contributed by atoms with Gasteiger partial charge in [-0.25, -0.2) is 8.42 Å².